The number of hydrogen-bond acceptors (Lipinski definition) is 4. The third kappa shape index (κ3) is 4.41. The van der Waals surface area contributed by atoms with Gasteiger partial charge in [-0.15, -0.1) is 0 Å². The summed E-state index contributed by atoms with van der Waals surface area (Å²) in [6.07, 6.45) is 2.56. The topological polar surface area (TPSA) is 75.7 Å². The number of rotatable bonds is 6. The van der Waals surface area contributed by atoms with E-state index in [9.17, 15) is 22.0 Å². The number of halogens is 2. The first kappa shape index (κ1) is 18.6. The minimum atomic E-state index is -3.88. The Hall–Kier alpha value is -1.74. The SMILES string of the molecule is CC(C(=O)NCC1CCCO1)N(c1ccc(F)c(F)c1)S(C)(=O)=O. The van der Waals surface area contributed by atoms with Crippen molar-refractivity contribution in [1.29, 1.82) is 0 Å². The van der Waals surface area contributed by atoms with Gasteiger partial charge in [-0.25, -0.2) is 17.2 Å². The predicted octanol–water partition coefficient (Wildman–Crippen LogP) is 1.41. The fraction of sp³-hybridized carbons (Fsp3) is 0.533. The smallest absolute Gasteiger partial charge is 0.243 e. The Labute approximate surface area is 139 Å². The van der Waals surface area contributed by atoms with Crippen molar-refractivity contribution >= 4 is 21.6 Å². The van der Waals surface area contributed by atoms with Crippen molar-refractivity contribution in [2.75, 3.05) is 23.7 Å². The molecular formula is C15H20F2N2O4S. The van der Waals surface area contributed by atoms with E-state index in [-0.39, 0.29) is 18.3 Å². The van der Waals surface area contributed by atoms with Gasteiger partial charge in [0.15, 0.2) is 11.6 Å². The van der Waals surface area contributed by atoms with Gasteiger partial charge in [0, 0.05) is 19.2 Å². The number of hydrogen-bond donors (Lipinski definition) is 1. The molecule has 1 N–H and O–H groups in total. The third-order valence-corrected chi connectivity index (χ3v) is 5.02. The maximum absolute atomic E-state index is 13.4. The molecule has 1 aliphatic rings. The van der Waals surface area contributed by atoms with Crippen molar-refractivity contribution in [3.63, 3.8) is 0 Å². The summed E-state index contributed by atoms with van der Waals surface area (Å²) in [5, 5.41) is 2.63. The number of nitrogens with zero attached hydrogens (tertiary/aromatic N) is 1. The first-order valence-corrected chi connectivity index (χ1v) is 9.38. The van der Waals surface area contributed by atoms with Gasteiger partial charge in [-0.2, -0.15) is 0 Å². The first-order valence-electron chi connectivity index (χ1n) is 7.54. The Morgan fingerprint density at radius 3 is 2.67 bits per heavy atom. The second-order valence-corrected chi connectivity index (χ2v) is 7.57. The number of amides is 1. The Balaban J connectivity index is 2.17. The zero-order valence-electron chi connectivity index (χ0n) is 13.5. The van der Waals surface area contributed by atoms with Gasteiger partial charge in [0.2, 0.25) is 15.9 Å². The number of carbonyl (C=O) groups excluding carboxylic acids is 1. The number of anilines is 1. The summed E-state index contributed by atoms with van der Waals surface area (Å²) in [5.74, 6) is -2.82. The lowest BCUT2D eigenvalue weighted by Crippen LogP contribution is -2.49. The highest BCUT2D eigenvalue weighted by molar-refractivity contribution is 7.92. The summed E-state index contributed by atoms with van der Waals surface area (Å²) in [7, 11) is -3.88. The van der Waals surface area contributed by atoms with Crippen LogP contribution in [0.4, 0.5) is 14.5 Å². The first-order chi connectivity index (χ1) is 11.2. The Bertz CT molecular complexity index is 705. The molecule has 24 heavy (non-hydrogen) atoms. The average Bonchev–Trinajstić information content (AvgIpc) is 3.00. The number of benzene rings is 1. The van der Waals surface area contributed by atoms with Gasteiger partial charge in [0.1, 0.15) is 6.04 Å². The highest BCUT2D eigenvalue weighted by Gasteiger charge is 2.30. The summed E-state index contributed by atoms with van der Waals surface area (Å²) in [6.45, 7) is 2.30. The Kier molecular flexibility index (Phi) is 5.76. The molecule has 1 aromatic carbocycles. The summed E-state index contributed by atoms with van der Waals surface area (Å²) in [4.78, 5) is 12.3. The van der Waals surface area contributed by atoms with Crippen LogP contribution in [0.1, 0.15) is 19.8 Å². The molecule has 0 saturated carbocycles. The normalized spacial score (nSPS) is 19.1. The second kappa shape index (κ2) is 7.43. The van der Waals surface area contributed by atoms with Crippen molar-refractivity contribution in [2.45, 2.75) is 31.9 Å². The molecule has 1 amide bonds. The lowest BCUT2D eigenvalue weighted by Gasteiger charge is -2.28. The zero-order valence-corrected chi connectivity index (χ0v) is 14.3. The van der Waals surface area contributed by atoms with Crippen LogP contribution in [-0.2, 0) is 19.6 Å². The summed E-state index contributed by atoms with van der Waals surface area (Å²) in [6, 6.07) is 1.56. The molecule has 0 aromatic heterocycles. The quantitative estimate of drug-likeness (QED) is 0.830. The minimum absolute atomic E-state index is 0.0869. The standard InChI is InChI=1S/C15H20F2N2O4S/c1-10(15(20)18-9-12-4-3-7-23-12)19(24(2,21)22)11-5-6-13(16)14(17)8-11/h5-6,8,10,12H,3-4,7,9H2,1-2H3,(H,18,20). The van der Waals surface area contributed by atoms with Crippen LogP contribution in [0.25, 0.3) is 0 Å². The Morgan fingerprint density at radius 2 is 2.12 bits per heavy atom. The lowest BCUT2D eigenvalue weighted by molar-refractivity contribution is -0.122. The molecule has 1 fully saturated rings. The number of sulfonamides is 1. The molecule has 1 heterocycles. The van der Waals surface area contributed by atoms with Crippen LogP contribution in [0.3, 0.4) is 0 Å². The lowest BCUT2D eigenvalue weighted by atomic mass is 10.2. The molecule has 1 aromatic rings. The van der Waals surface area contributed by atoms with Gasteiger partial charge < -0.3 is 10.1 Å². The third-order valence-electron chi connectivity index (χ3n) is 3.77. The molecule has 1 aliphatic heterocycles. The molecule has 1 saturated heterocycles. The minimum Gasteiger partial charge on any atom is -0.376 e. The summed E-state index contributed by atoms with van der Waals surface area (Å²) < 4.78 is 56.7. The largest absolute Gasteiger partial charge is 0.376 e. The highest BCUT2D eigenvalue weighted by atomic mass is 32.2. The summed E-state index contributed by atoms with van der Waals surface area (Å²) >= 11 is 0. The molecule has 0 bridgehead atoms. The van der Waals surface area contributed by atoms with Crippen molar-refractivity contribution < 1.29 is 26.7 Å². The van der Waals surface area contributed by atoms with E-state index in [0.717, 1.165) is 41.6 Å². The number of carbonyl (C=O) groups is 1. The van der Waals surface area contributed by atoms with Crippen molar-refractivity contribution in [3.05, 3.63) is 29.8 Å². The highest BCUT2D eigenvalue weighted by Crippen LogP contribution is 2.23. The number of nitrogens with one attached hydrogen (secondary N) is 1. The molecule has 2 rings (SSSR count). The van der Waals surface area contributed by atoms with Gasteiger partial charge in [0.25, 0.3) is 0 Å². The molecule has 134 valence electrons. The summed E-state index contributed by atoms with van der Waals surface area (Å²) in [5.41, 5.74) is -0.115. The molecule has 6 nitrogen and oxygen atoms in total. The maximum Gasteiger partial charge on any atom is 0.243 e. The monoisotopic (exact) mass is 362 g/mol. The van der Waals surface area contributed by atoms with Gasteiger partial charge in [0.05, 0.1) is 18.0 Å². The molecular weight excluding hydrogens is 342 g/mol. The van der Waals surface area contributed by atoms with E-state index in [1.807, 2.05) is 0 Å². The van der Waals surface area contributed by atoms with Crippen LogP contribution in [0, 0.1) is 11.6 Å². The molecule has 2 atom stereocenters. The van der Waals surface area contributed by atoms with E-state index in [2.05, 4.69) is 5.32 Å². The van der Waals surface area contributed by atoms with Gasteiger partial charge in [-0.1, -0.05) is 0 Å². The number of ether oxygens (including phenoxy) is 1. The fourth-order valence-electron chi connectivity index (χ4n) is 2.60. The van der Waals surface area contributed by atoms with E-state index in [4.69, 9.17) is 4.74 Å². The van der Waals surface area contributed by atoms with E-state index >= 15 is 0 Å². The predicted molar refractivity (Wildman–Crippen MR) is 85.1 cm³/mol. The van der Waals surface area contributed by atoms with Crippen LogP contribution in [-0.4, -0.2) is 45.9 Å². The van der Waals surface area contributed by atoms with Crippen molar-refractivity contribution in [2.24, 2.45) is 0 Å². The average molecular weight is 362 g/mol. The van der Waals surface area contributed by atoms with E-state index in [1.54, 1.807) is 0 Å². The van der Waals surface area contributed by atoms with Crippen molar-refractivity contribution in [3.8, 4) is 0 Å². The molecule has 0 aliphatic carbocycles. The molecule has 0 radical (unpaired) electrons. The molecule has 2 unspecified atom stereocenters. The van der Waals surface area contributed by atoms with E-state index in [0.29, 0.717) is 6.61 Å². The maximum atomic E-state index is 13.4. The van der Waals surface area contributed by atoms with Crippen LogP contribution in [0.5, 0.6) is 0 Å². The van der Waals surface area contributed by atoms with Crippen LogP contribution in [0.2, 0.25) is 0 Å². The van der Waals surface area contributed by atoms with E-state index in [1.165, 1.54) is 6.92 Å². The van der Waals surface area contributed by atoms with Gasteiger partial charge in [-0.3, -0.25) is 9.10 Å². The Morgan fingerprint density at radius 1 is 1.42 bits per heavy atom. The van der Waals surface area contributed by atoms with Crippen molar-refractivity contribution in [1.82, 2.24) is 5.32 Å². The second-order valence-electron chi connectivity index (χ2n) is 5.71. The van der Waals surface area contributed by atoms with E-state index < -0.39 is 33.6 Å². The van der Waals surface area contributed by atoms with Gasteiger partial charge >= 0.3 is 0 Å². The van der Waals surface area contributed by atoms with Crippen LogP contribution in [0.15, 0.2) is 18.2 Å². The zero-order chi connectivity index (χ0) is 17.9. The van der Waals surface area contributed by atoms with Crippen LogP contribution < -0.4 is 9.62 Å². The van der Waals surface area contributed by atoms with Gasteiger partial charge in [-0.05, 0) is 31.9 Å². The fourth-order valence-corrected chi connectivity index (χ4v) is 3.77. The molecule has 9 heteroatoms. The molecule has 0 spiro atoms. The van der Waals surface area contributed by atoms with Crippen LogP contribution >= 0.6 is 0 Å².